The molecule has 0 aromatic heterocycles. The Bertz CT molecular complexity index is 336. The highest BCUT2D eigenvalue weighted by atomic mass is 32.2. The van der Waals surface area contributed by atoms with Crippen molar-refractivity contribution in [3.8, 4) is 0 Å². The van der Waals surface area contributed by atoms with E-state index < -0.39 is 11.5 Å². The highest BCUT2D eigenvalue weighted by Crippen LogP contribution is 2.28. The molecule has 2 saturated heterocycles. The second-order valence-electron chi connectivity index (χ2n) is 5.27. The quantitative estimate of drug-likeness (QED) is 0.799. The normalized spacial score (nSPS) is 31.1. The molecular formula is C13H21NO4S. The molecule has 2 rings (SSSR count). The lowest BCUT2D eigenvalue weighted by molar-refractivity contribution is -0.146. The van der Waals surface area contributed by atoms with Crippen molar-refractivity contribution in [2.45, 2.75) is 50.2 Å². The van der Waals surface area contributed by atoms with Gasteiger partial charge in [0.2, 0.25) is 5.91 Å². The van der Waals surface area contributed by atoms with Gasteiger partial charge >= 0.3 is 5.97 Å². The Labute approximate surface area is 117 Å². The molecule has 19 heavy (non-hydrogen) atoms. The predicted molar refractivity (Wildman–Crippen MR) is 73.3 cm³/mol. The highest BCUT2D eigenvalue weighted by Gasteiger charge is 2.43. The molecule has 0 aromatic rings. The summed E-state index contributed by atoms with van der Waals surface area (Å²) in [6, 6.07) is 0. The maximum absolute atomic E-state index is 11.9. The molecular weight excluding hydrogens is 266 g/mol. The van der Waals surface area contributed by atoms with Crippen LogP contribution in [0.3, 0.4) is 0 Å². The third kappa shape index (κ3) is 3.86. The van der Waals surface area contributed by atoms with E-state index in [1.165, 1.54) is 0 Å². The van der Waals surface area contributed by atoms with Gasteiger partial charge in [-0.2, -0.15) is 11.8 Å². The first-order valence-electron chi connectivity index (χ1n) is 6.86. The van der Waals surface area contributed by atoms with Crippen LogP contribution in [-0.4, -0.2) is 46.7 Å². The first-order valence-corrected chi connectivity index (χ1v) is 8.02. The lowest BCUT2D eigenvalue weighted by Gasteiger charge is -2.26. The minimum Gasteiger partial charge on any atom is -0.479 e. The third-order valence-corrected chi connectivity index (χ3v) is 4.97. The Kier molecular flexibility index (Phi) is 5.10. The van der Waals surface area contributed by atoms with Crippen molar-refractivity contribution in [1.29, 1.82) is 0 Å². The Morgan fingerprint density at radius 3 is 2.84 bits per heavy atom. The summed E-state index contributed by atoms with van der Waals surface area (Å²) in [5, 5.41) is 12.0. The van der Waals surface area contributed by atoms with Crippen LogP contribution in [0.1, 0.15) is 38.5 Å². The van der Waals surface area contributed by atoms with Crippen LogP contribution in [0.15, 0.2) is 0 Å². The maximum atomic E-state index is 11.9. The van der Waals surface area contributed by atoms with Gasteiger partial charge in [-0.15, -0.1) is 0 Å². The van der Waals surface area contributed by atoms with Crippen LogP contribution in [0.5, 0.6) is 0 Å². The molecule has 2 fully saturated rings. The lowest BCUT2D eigenvalue weighted by Crippen LogP contribution is -2.54. The average molecular weight is 287 g/mol. The number of aliphatic carboxylic acids is 1. The number of rotatable bonds is 5. The smallest absolute Gasteiger partial charge is 0.330 e. The van der Waals surface area contributed by atoms with Crippen molar-refractivity contribution in [3.05, 3.63) is 0 Å². The second-order valence-corrected chi connectivity index (χ2v) is 6.37. The lowest BCUT2D eigenvalue weighted by atomic mass is 9.98. The van der Waals surface area contributed by atoms with Crippen molar-refractivity contribution >= 4 is 23.6 Å². The standard InChI is InChI=1S/C13H21NO4S/c15-11(5-4-10-3-1-2-7-18-10)14-13(12(16)17)6-8-19-9-13/h10H,1-9H2,(H,14,15)(H,16,17)/t10-,13+/m0/s1. The van der Waals surface area contributed by atoms with E-state index in [9.17, 15) is 14.7 Å². The Balaban J connectivity index is 1.78. The summed E-state index contributed by atoms with van der Waals surface area (Å²) in [6.07, 6.45) is 4.98. The molecule has 2 aliphatic rings. The minimum atomic E-state index is -1.05. The van der Waals surface area contributed by atoms with Crippen molar-refractivity contribution in [1.82, 2.24) is 5.32 Å². The fourth-order valence-corrected chi connectivity index (χ4v) is 3.87. The number of carbonyl (C=O) groups is 2. The molecule has 0 spiro atoms. The third-order valence-electron chi connectivity index (χ3n) is 3.78. The van der Waals surface area contributed by atoms with Crippen molar-refractivity contribution < 1.29 is 19.4 Å². The Hall–Kier alpha value is -0.750. The zero-order valence-electron chi connectivity index (χ0n) is 11.0. The molecule has 1 amide bonds. The van der Waals surface area contributed by atoms with E-state index in [2.05, 4.69) is 5.32 Å². The van der Waals surface area contributed by atoms with Gasteiger partial charge < -0.3 is 15.2 Å². The molecule has 0 saturated carbocycles. The van der Waals surface area contributed by atoms with Gasteiger partial charge in [-0.1, -0.05) is 0 Å². The average Bonchev–Trinajstić information content (AvgIpc) is 2.87. The summed E-state index contributed by atoms with van der Waals surface area (Å²) in [7, 11) is 0. The molecule has 2 heterocycles. The number of thioether (sulfide) groups is 1. The van der Waals surface area contributed by atoms with Gasteiger partial charge in [0.15, 0.2) is 0 Å². The van der Waals surface area contributed by atoms with Gasteiger partial charge in [-0.05, 0) is 37.9 Å². The van der Waals surface area contributed by atoms with Crippen LogP contribution >= 0.6 is 11.8 Å². The molecule has 2 N–H and O–H groups in total. The fraction of sp³-hybridized carbons (Fsp3) is 0.846. The molecule has 0 bridgehead atoms. The molecule has 0 aliphatic carbocycles. The summed E-state index contributed by atoms with van der Waals surface area (Å²) in [5.41, 5.74) is -1.05. The minimum absolute atomic E-state index is 0.165. The molecule has 6 heteroatoms. The van der Waals surface area contributed by atoms with E-state index in [0.717, 1.165) is 31.6 Å². The van der Waals surface area contributed by atoms with Crippen molar-refractivity contribution in [3.63, 3.8) is 0 Å². The Morgan fingerprint density at radius 2 is 2.26 bits per heavy atom. The molecule has 0 unspecified atom stereocenters. The molecule has 108 valence electrons. The van der Waals surface area contributed by atoms with E-state index in [-0.39, 0.29) is 12.0 Å². The second kappa shape index (κ2) is 6.61. The molecule has 0 radical (unpaired) electrons. The number of carboxylic acid groups (broad SMARTS) is 1. The maximum Gasteiger partial charge on any atom is 0.330 e. The SMILES string of the molecule is O=C(CC[C@@H]1CCCCO1)N[C@]1(C(=O)O)CCSC1. The number of carbonyl (C=O) groups excluding carboxylic acids is 1. The van der Waals surface area contributed by atoms with Gasteiger partial charge in [-0.25, -0.2) is 4.79 Å². The van der Waals surface area contributed by atoms with Crippen LogP contribution < -0.4 is 5.32 Å². The van der Waals surface area contributed by atoms with E-state index in [0.29, 0.717) is 25.0 Å². The van der Waals surface area contributed by atoms with Gasteiger partial charge in [0.05, 0.1) is 6.10 Å². The molecule has 2 aliphatic heterocycles. The van der Waals surface area contributed by atoms with Gasteiger partial charge in [0.25, 0.3) is 0 Å². The summed E-state index contributed by atoms with van der Waals surface area (Å²) >= 11 is 1.58. The molecule has 5 nitrogen and oxygen atoms in total. The summed E-state index contributed by atoms with van der Waals surface area (Å²) in [4.78, 5) is 23.2. The van der Waals surface area contributed by atoms with Crippen LogP contribution in [0, 0.1) is 0 Å². The first kappa shape index (κ1) is 14.7. The van der Waals surface area contributed by atoms with E-state index in [1.807, 2.05) is 0 Å². The number of ether oxygens (including phenoxy) is 1. The van der Waals surface area contributed by atoms with Crippen LogP contribution in [-0.2, 0) is 14.3 Å². The fourth-order valence-electron chi connectivity index (χ4n) is 2.54. The predicted octanol–water partition coefficient (Wildman–Crippen LogP) is 1.41. The summed E-state index contributed by atoms with van der Waals surface area (Å²) in [5.74, 6) is 0.172. The highest BCUT2D eigenvalue weighted by molar-refractivity contribution is 7.99. The summed E-state index contributed by atoms with van der Waals surface area (Å²) < 4.78 is 5.57. The number of hydrogen-bond acceptors (Lipinski definition) is 4. The number of amides is 1. The van der Waals surface area contributed by atoms with E-state index in [4.69, 9.17) is 4.74 Å². The monoisotopic (exact) mass is 287 g/mol. The van der Waals surface area contributed by atoms with E-state index >= 15 is 0 Å². The Morgan fingerprint density at radius 1 is 1.42 bits per heavy atom. The number of nitrogens with one attached hydrogen (secondary N) is 1. The van der Waals surface area contributed by atoms with Gasteiger partial charge in [0.1, 0.15) is 5.54 Å². The van der Waals surface area contributed by atoms with Gasteiger partial charge in [-0.3, -0.25) is 4.79 Å². The van der Waals surface area contributed by atoms with Crippen LogP contribution in [0.4, 0.5) is 0 Å². The molecule has 2 atom stereocenters. The number of hydrogen-bond donors (Lipinski definition) is 2. The van der Waals surface area contributed by atoms with Crippen molar-refractivity contribution in [2.75, 3.05) is 18.1 Å². The van der Waals surface area contributed by atoms with Gasteiger partial charge in [0, 0.05) is 18.8 Å². The van der Waals surface area contributed by atoms with E-state index in [1.54, 1.807) is 11.8 Å². The topological polar surface area (TPSA) is 75.6 Å². The largest absolute Gasteiger partial charge is 0.479 e. The zero-order valence-corrected chi connectivity index (χ0v) is 11.8. The van der Waals surface area contributed by atoms with Crippen molar-refractivity contribution in [2.24, 2.45) is 0 Å². The molecule has 0 aromatic carbocycles. The number of carboxylic acids is 1. The van der Waals surface area contributed by atoms with Crippen LogP contribution in [0.25, 0.3) is 0 Å². The first-order chi connectivity index (χ1) is 9.12. The summed E-state index contributed by atoms with van der Waals surface area (Å²) in [6.45, 7) is 0.780. The zero-order chi connectivity index (χ0) is 13.7. The van der Waals surface area contributed by atoms with Crippen LogP contribution in [0.2, 0.25) is 0 Å².